The smallest absolute Gasteiger partial charge is 0.0713 e. The average Bonchev–Trinajstić information content (AvgIpc) is 2.15. The first kappa shape index (κ1) is 18.2. The summed E-state index contributed by atoms with van der Waals surface area (Å²) < 4.78 is 0. The van der Waals surface area contributed by atoms with Crippen molar-refractivity contribution in [1.82, 2.24) is 0 Å². The molecule has 3 heteroatoms. The molecule has 0 aliphatic heterocycles. The molecule has 0 amide bonds. The minimum absolute atomic E-state index is 0.0278. The summed E-state index contributed by atoms with van der Waals surface area (Å²) in [6, 6.07) is 6.96. The van der Waals surface area contributed by atoms with Gasteiger partial charge in [-0.1, -0.05) is 87.8 Å². The van der Waals surface area contributed by atoms with Crippen LogP contribution in [-0.2, 0) is 10.8 Å². The predicted molar refractivity (Wildman–Crippen MR) is 88.6 cm³/mol. The lowest BCUT2D eigenvalue weighted by atomic mass is 9.80. The Morgan fingerprint density at radius 3 is 1.28 bits per heavy atom. The lowest BCUT2D eigenvalue weighted by molar-refractivity contribution is 0.567. The van der Waals surface area contributed by atoms with Crippen LogP contribution in [0.15, 0.2) is 18.2 Å². The van der Waals surface area contributed by atoms with Gasteiger partial charge < -0.3 is 0 Å². The highest BCUT2D eigenvalue weighted by Crippen LogP contribution is 2.29. The van der Waals surface area contributed by atoms with Gasteiger partial charge in [0.05, 0.1) is 7.29 Å². The number of rotatable bonds is 0. The molecule has 1 rings (SSSR count). The molecule has 0 N–H and O–H groups in total. The van der Waals surface area contributed by atoms with Gasteiger partial charge in [-0.05, 0) is 28.9 Å². The number of aryl methyl sites for hydroxylation is 1. The monoisotopic (exact) mass is 306 g/mol. The van der Waals surface area contributed by atoms with Crippen molar-refractivity contribution in [2.45, 2.75) is 59.3 Å². The summed E-state index contributed by atoms with van der Waals surface area (Å²) >= 11 is 9.58. The zero-order chi connectivity index (χ0) is 14.6. The second kappa shape index (κ2) is 7.13. The molecule has 0 atom stereocenters. The van der Waals surface area contributed by atoms with E-state index in [1.54, 1.807) is 0 Å². The highest BCUT2D eigenvalue weighted by atomic mass is 35.9. The molecule has 0 aliphatic carbocycles. The molecule has 0 saturated heterocycles. The lowest BCUT2D eigenvalue weighted by Gasteiger charge is -2.25. The number of hydrogen-bond donors (Lipinski definition) is 0. The van der Waals surface area contributed by atoms with Crippen LogP contribution in [0.4, 0.5) is 0 Å². The van der Waals surface area contributed by atoms with Crippen LogP contribution in [0.1, 0.15) is 58.2 Å². The standard InChI is InChI=1S/C15H24.Cl2HP/c1-11-8-12(14(2,3)4)10-13(9-11)15(5,6)7;1-3-2/h8-10H,1-7H3;3H. The minimum atomic E-state index is 0.0278. The van der Waals surface area contributed by atoms with Crippen molar-refractivity contribution in [2.75, 3.05) is 0 Å². The van der Waals surface area contributed by atoms with Crippen LogP contribution in [0.3, 0.4) is 0 Å². The van der Waals surface area contributed by atoms with E-state index >= 15 is 0 Å². The van der Waals surface area contributed by atoms with Crippen LogP contribution in [0.5, 0.6) is 0 Å². The summed E-state index contributed by atoms with van der Waals surface area (Å²) in [6.07, 6.45) is 0. The quantitative estimate of drug-likeness (QED) is 0.476. The maximum atomic E-state index is 4.79. The van der Waals surface area contributed by atoms with Crippen LogP contribution in [0.25, 0.3) is 0 Å². The predicted octanol–water partition coefficient (Wildman–Crippen LogP) is 6.56. The summed E-state index contributed by atoms with van der Waals surface area (Å²) in [7, 11) is 0.0278. The molecule has 0 aliphatic rings. The first-order valence-corrected chi connectivity index (χ1v) is 9.13. The Morgan fingerprint density at radius 1 is 0.778 bits per heavy atom. The molecule has 0 nitrogen and oxygen atoms in total. The molecule has 18 heavy (non-hydrogen) atoms. The highest BCUT2D eigenvalue weighted by Gasteiger charge is 2.19. The number of benzene rings is 1. The third-order valence-corrected chi connectivity index (χ3v) is 2.81. The Bertz CT molecular complexity index is 341. The normalized spacial score (nSPS) is 11.8. The largest absolute Gasteiger partial charge is 0.0818 e. The van der Waals surface area contributed by atoms with E-state index in [0.29, 0.717) is 0 Å². The molecule has 0 spiro atoms. The van der Waals surface area contributed by atoms with E-state index in [-0.39, 0.29) is 18.1 Å². The Labute approximate surface area is 124 Å². The van der Waals surface area contributed by atoms with E-state index in [2.05, 4.69) is 66.7 Å². The van der Waals surface area contributed by atoms with E-state index < -0.39 is 0 Å². The highest BCUT2D eigenvalue weighted by molar-refractivity contribution is 7.90. The van der Waals surface area contributed by atoms with Crippen molar-refractivity contribution in [3.8, 4) is 0 Å². The molecule has 0 saturated carbocycles. The van der Waals surface area contributed by atoms with Crippen LogP contribution in [0.2, 0.25) is 0 Å². The molecular formula is C15H25Cl2P. The fourth-order valence-electron chi connectivity index (χ4n) is 1.65. The third-order valence-electron chi connectivity index (χ3n) is 2.81. The lowest BCUT2D eigenvalue weighted by Crippen LogP contribution is -2.16. The van der Waals surface area contributed by atoms with Crippen molar-refractivity contribution in [1.29, 1.82) is 0 Å². The van der Waals surface area contributed by atoms with E-state index in [1.165, 1.54) is 16.7 Å². The van der Waals surface area contributed by atoms with Gasteiger partial charge in [-0.15, -0.1) is 0 Å². The van der Waals surface area contributed by atoms with Crippen molar-refractivity contribution in [2.24, 2.45) is 0 Å². The maximum Gasteiger partial charge on any atom is 0.0713 e. The molecule has 0 heterocycles. The summed E-state index contributed by atoms with van der Waals surface area (Å²) in [5.41, 5.74) is 4.73. The van der Waals surface area contributed by atoms with E-state index in [9.17, 15) is 0 Å². The van der Waals surface area contributed by atoms with Crippen LogP contribution in [0, 0.1) is 6.92 Å². The zero-order valence-electron chi connectivity index (χ0n) is 12.5. The van der Waals surface area contributed by atoms with E-state index in [1.807, 2.05) is 0 Å². The molecule has 1 aromatic carbocycles. The first-order chi connectivity index (χ1) is 8.02. The molecule has 0 radical (unpaired) electrons. The Morgan fingerprint density at radius 2 is 1.06 bits per heavy atom. The fourth-order valence-corrected chi connectivity index (χ4v) is 1.65. The summed E-state index contributed by atoms with van der Waals surface area (Å²) in [5.74, 6) is 0. The molecule has 0 unspecified atom stereocenters. The number of hydrogen-bond acceptors (Lipinski definition) is 0. The summed E-state index contributed by atoms with van der Waals surface area (Å²) in [5, 5.41) is 0. The topological polar surface area (TPSA) is 0 Å². The Hall–Kier alpha value is 0.230. The van der Waals surface area contributed by atoms with Gasteiger partial charge in [-0.2, -0.15) is 0 Å². The van der Waals surface area contributed by atoms with Gasteiger partial charge >= 0.3 is 0 Å². The van der Waals surface area contributed by atoms with Gasteiger partial charge in [0.2, 0.25) is 0 Å². The van der Waals surface area contributed by atoms with E-state index in [0.717, 1.165) is 0 Å². The molecule has 0 aromatic heterocycles. The first-order valence-electron chi connectivity index (χ1n) is 6.11. The van der Waals surface area contributed by atoms with Gasteiger partial charge in [0, 0.05) is 0 Å². The molecular weight excluding hydrogens is 282 g/mol. The SMILES string of the molecule is Cc1cc(C(C)(C)C)cc(C(C)(C)C)c1.ClPCl. The van der Waals surface area contributed by atoms with Gasteiger partial charge in [0.25, 0.3) is 0 Å². The fraction of sp³-hybridized carbons (Fsp3) is 0.600. The Balaban J connectivity index is 0.000000873. The third kappa shape index (κ3) is 6.41. The van der Waals surface area contributed by atoms with Crippen molar-refractivity contribution >= 4 is 29.8 Å². The van der Waals surface area contributed by atoms with Crippen molar-refractivity contribution in [3.63, 3.8) is 0 Å². The number of halogens is 2. The second-order valence-corrected chi connectivity index (χ2v) is 8.52. The van der Waals surface area contributed by atoms with Gasteiger partial charge in [-0.3, -0.25) is 0 Å². The summed E-state index contributed by atoms with van der Waals surface area (Å²) in [6.45, 7) is 15.8. The van der Waals surface area contributed by atoms with Crippen LogP contribution in [-0.4, -0.2) is 0 Å². The Kier molecular flexibility index (Phi) is 7.22. The molecule has 0 fully saturated rings. The van der Waals surface area contributed by atoms with Crippen molar-refractivity contribution in [3.05, 3.63) is 34.9 Å². The second-order valence-electron chi connectivity index (χ2n) is 6.66. The summed E-state index contributed by atoms with van der Waals surface area (Å²) in [4.78, 5) is 0. The van der Waals surface area contributed by atoms with E-state index in [4.69, 9.17) is 22.5 Å². The van der Waals surface area contributed by atoms with Gasteiger partial charge in [0.15, 0.2) is 0 Å². The molecule has 1 aromatic rings. The van der Waals surface area contributed by atoms with Crippen LogP contribution >= 0.6 is 29.8 Å². The van der Waals surface area contributed by atoms with Crippen LogP contribution < -0.4 is 0 Å². The molecule has 104 valence electrons. The maximum absolute atomic E-state index is 4.79. The molecule has 0 bridgehead atoms. The zero-order valence-corrected chi connectivity index (χ0v) is 15.0. The van der Waals surface area contributed by atoms with Gasteiger partial charge in [0.1, 0.15) is 0 Å². The average molecular weight is 307 g/mol. The minimum Gasteiger partial charge on any atom is -0.0818 e. The van der Waals surface area contributed by atoms with Gasteiger partial charge in [-0.25, -0.2) is 0 Å². The van der Waals surface area contributed by atoms with Crippen molar-refractivity contribution < 1.29 is 0 Å².